The highest BCUT2D eigenvalue weighted by Gasteiger charge is 2.25. The average molecular weight is 255 g/mol. The van der Waals surface area contributed by atoms with E-state index in [1.807, 2.05) is 19.1 Å². The van der Waals surface area contributed by atoms with Gasteiger partial charge >= 0.3 is 0 Å². The zero-order valence-corrected chi connectivity index (χ0v) is 11.0. The second-order valence-electron chi connectivity index (χ2n) is 3.95. The van der Waals surface area contributed by atoms with Gasteiger partial charge in [0.25, 0.3) is 0 Å². The van der Waals surface area contributed by atoms with E-state index in [0.717, 1.165) is 5.56 Å². The molecule has 0 fully saturated rings. The molecule has 1 rings (SSSR count). The third-order valence-corrected chi connectivity index (χ3v) is 4.89. The molecular formula is C12H17NO3S. The van der Waals surface area contributed by atoms with E-state index < -0.39 is 15.1 Å². The lowest BCUT2D eigenvalue weighted by atomic mass is 10.1. The van der Waals surface area contributed by atoms with Crippen LogP contribution in [0.15, 0.2) is 29.4 Å². The van der Waals surface area contributed by atoms with Crippen LogP contribution in [0.5, 0.6) is 0 Å². The van der Waals surface area contributed by atoms with E-state index in [1.165, 1.54) is 6.92 Å². The van der Waals surface area contributed by atoms with Crippen LogP contribution < -0.4 is 0 Å². The number of nitrogens with zero attached hydrogens (tertiary/aromatic N) is 1. The average Bonchev–Trinajstić information content (AvgIpc) is 2.32. The first-order valence-electron chi connectivity index (χ1n) is 5.43. The number of aryl methyl sites for hydroxylation is 1. The molecule has 5 heteroatoms. The summed E-state index contributed by atoms with van der Waals surface area (Å²) in [7, 11) is -3.26. The summed E-state index contributed by atoms with van der Waals surface area (Å²) in [6.45, 7) is 5.05. The van der Waals surface area contributed by atoms with Gasteiger partial charge in [-0.25, -0.2) is 8.42 Å². The van der Waals surface area contributed by atoms with E-state index >= 15 is 0 Å². The van der Waals surface area contributed by atoms with Crippen molar-refractivity contribution >= 4 is 15.5 Å². The van der Waals surface area contributed by atoms with Crippen molar-refractivity contribution in [2.75, 3.05) is 5.75 Å². The van der Waals surface area contributed by atoms with Gasteiger partial charge in [0.05, 0.1) is 0 Å². The SMILES string of the molecule is CCS(=O)(=O)[C@@H](C)/C(=N\O)c1ccc(C)cc1. The third-order valence-electron chi connectivity index (χ3n) is 2.78. The minimum atomic E-state index is -3.26. The Bertz CT molecular complexity index is 503. The normalized spacial score (nSPS) is 14.6. The van der Waals surface area contributed by atoms with E-state index in [0.29, 0.717) is 5.56 Å². The van der Waals surface area contributed by atoms with Crippen molar-refractivity contribution < 1.29 is 13.6 Å². The van der Waals surface area contributed by atoms with Gasteiger partial charge in [-0.2, -0.15) is 0 Å². The molecule has 1 aromatic rings. The Kier molecular flexibility index (Phi) is 4.28. The Hall–Kier alpha value is -1.36. The summed E-state index contributed by atoms with van der Waals surface area (Å²) in [5, 5.41) is 11.3. The molecule has 0 saturated carbocycles. The predicted octanol–water partition coefficient (Wildman–Crippen LogP) is 2.00. The summed E-state index contributed by atoms with van der Waals surface area (Å²) in [4.78, 5) is 0. The van der Waals surface area contributed by atoms with Gasteiger partial charge in [-0.1, -0.05) is 41.9 Å². The van der Waals surface area contributed by atoms with Crippen LogP contribution in [0.1, 0.15) is 25.0 Å². The lowest BCUT2D eigenvalue weighted by Gasteiger charge is -2.13. The molecule has 0 aliphatic carbocycles. The minimum Gasteiger partial charge on any atom is -0.411 e. The van der Waals surface area contributed by atoms with Gasteiger partial charge < -0.3 is 5.21 Å². The Morgan fingerprint density at radius 1 is 1.35 bits per heavy atom. The Morgan fingerprint density at radius 3 is 2.29 bits per heavy atom. The molecule has 0 unspecified atom stereocenters. The van der Waals surface area contributed by atoms with E-state index in [9.17, 15) is 8.42 Å². The number of benzene rings is 1. The molecule has 0 aliphatic heterocycles. The van der Waals surface area contributed by atoms with Crippen LogP contribution in [0.4, 0.5) is 0 Å². The van der Waals surface area contributed by atoms with Crippen LogP contribution in [0.3, 0.4) is 0 Å². The standard InChI is InChI=1S/C12H17NO3S/c1-4-17(15,16)10(3)12(13-14)11-7-5-9(2)6-8-11/h5-8,10,14H,4H2,1-3H3/b13-12+/t10-/m0/s1. The molecule has 0 aromatic heterocycles. The molecule has 4 nitrogen and oxygen atoms in total. The van der Waals surface area contributed by atoms with E-state index in [1.54, 1.807) is 19.1 Å². The van der Waals surface area contributed by atoms with Crippen molar-refractivity contribution in [1.29, 1.82) is 0 Å². The summed E-state index contributed by atoms with van der Waals surface area (Å²) in [6, 6.07) is 7.22. The Labute approximate surface area is 102 Å². The fraction of sp³-hybridized carbons (Fsp3) is 0.417. The Morgan fingerprint density at radius 2 is 1.88 bits per heavy atom. The highest BCUT2D eigenvalue weighted by molar-refractivity contribution is 7.92. The molecule has 17 heavy (non-hydrogen) atoms. The summed E-state index contributed by atoms with van der Waals surface area (Å²) < 4.78 is 23.5. The monoisotopic (exact) mass is 255 g/mol. The fourth-order valence-electron chi connectivity index (χ4n) is 1.52. The van der Waals surface area contributed by atoms with Crippen molar-refractivity contribution in [3.05, 3.63) is 35.4 Å². The van der Waals surface area contributed by atoms with E-state index in [-0.39, 0.29) is 11.5 Å². The van der Waals surface area contributed by atoms with Crippen LogP contribution in [0.25, 0.3) is 0 Å². The predicted molar refractivity (Wildman–Crippen MR) is 68.4 cm³/mol. The zero-order chi connectivity index (χ0) is 13.1. The van der Waals surface area contributed by atoms with Gasteiger partial charge in [0.2, 0.25) is 0 Å². The molecule has 0 heterocycles. The first kappa shape index (κ1) is 13.7. The summed E-state index contributed by atoms with van der Waals surface area (Å²) in [5.74, 6) is 0.0268. The maximum Gasteiger partial charge on any atom is 0.158 e. The van der Waals surface area contributed by atoms with Gasteiger partial charge in [-0.05, 0) is 13.8 Å². The highest BCUT2D eigenvalue weighted by atomic mass is 32.2. The van der Waals surface area contributed by atoms with Gasteiger partial charge in [0.15, 0.2) is 9.84 Å². The molecular weight excluding hydrogens is 238 g/mol. The second kappa shape index (κ2) is 5.31. The van der Waals surface area contributed by atoms with Crippen LogP contribution >= 0.6 is 0 Å². The quantitative estimate of drug-likeness (QED) is 0.508. The molecule has 0 bridgehead atoms. The number of rotatable bonds is 4. The fourth-order valence-corrected chi connectivity index (χ4v) is 2.54. The van der Waals surface area contributed by atoms with Crippen molar-refractivity contribution in [2.24, 2.45) is 5.16 Å². The molecule has 0 spiro atoms. The van der Waals surface area contributed by atoms with Gasteiger partial charge in [0, 0.05) is 11.3 Å². The Balaban J connectivity index is 3.14. The first-order valence-corrected chi connectivity index (χ1v) is 7.14. The maximum absolute atomic E-state index is 11.7. The lowest BCUT2D eigenvalue weighted by molar-refractivity contribution is 0.318. The molecule has 0 radical (unpaired) electrons. The van der Waals surface area contributed by atoms with Gasteiger partial charge in [0.1, 0.15) is 11.0 Å². The molecule has 0 aliphatic rings. The van der Waals surface area contributed by atoms with Crippen molar-refractivity contribution in [3.63, 3.8) is 0 Å². The van der Waals surface area contributed by atoms with E-state index in [2.05, 4.69) is 5.16 Å². The molecule has 1 atom stereocenters. The van der Waals surface area contributed by atoms with Crippen LogP contribution in [-0.2, 0) is 9.84 Å². The van der Waals surface area contributed by atoms with Gasteiger partial charge in [-0.15, -0.1) is 0 Å². The highest BCUT2D eigenvalue weighted by Crippen LogP contribution is 2.13. The van der Waals surface area contributed by atoms with Crippen molar-refractivity contribution in [3.8, 4) is 0 Å². The smallest absolute Gasteiger partial charge is 0.158 e. The largest absolute Gasteiger partial charge is 0.411 e. The molecule has 0 saturated heterocycles. The maximum atomic E-state index is 11.7. The molecule has 0 amide bonds. The molecule has 1 N–H and O–H groups in total. The summed E-state index contributed by atoms with van der Waals surface area (Å²) in [5.41, 5.74) is 1.88. The minimum absolute atomic E-state index is 0.0268. The zero-order valence-electron chi connectivity index (χ0n) is 10.2. The summed E-state index contributed by atoms with van der Waals surface area (Å²) >= 11 is 0. The molecule has 94 valence electrons. The summed E-state index contributed by atoms with van der Waals surface area (Å²) in [6.07, 6.45) is 0. The number of hydrogen-bond acceptors (Lipinski definition) is 4. The third kappa shape index (κ3) is 3.06. The second-order valence-corrected chi connectivity index (χ2v) is 6.56. The van der Waals surface area contributed by atoms with Crippen molar-refractivity contribution in [1.82, 2.24) is 0 Å². The van der Waals surface area contributed by atoms with Gasteiger partial charge in [-0.3, -0.25) is 0 Å². The van der Waals surface area contributed by atoms with E-state index in [4.69, 9.17) is 5.21 Å². The topological polar surface area (TPSA) is 66.7 Å². The van der Waals surface area contributed by atoms with Crippen LogP contribution in [-0.4, -0.2) is 30.3 Å². The van der Waals surface area contributed by atoms with Crippen molar-refractivity contribution in [2.45, 2.75) is 26.0 Å². The van der Waals surface area contributed by atoms with Crippen LogP contribution in [0.2, 0.25) is 0 Å². The molecule has 1 aromatic carbocycles. The number of oxime groups is 1. The van der Waals surface area contributed by atoms with Crippen LogP contribution in [0, 0.1) is 6.92 Å². The number of sulfone groups is 1. The first-order chi connectivity index (χ1) is 7.92. The lowest BCUT2D eigenvalue weighted by Crippen LogP contribution is -2.29. The number of hydrogen-bond donors (Lipinski definition) is 1.